The topological polar surface area (TPSA) is 107 Å². The molecule has 110 valence electrons. The van der Waals surface area contributed by atoms with E-state index in [0.717, 1.165) is 18.5 Å². The molecule has 0 saturated heterocycles. The number of nitrogens with zero attached hydrogens (tertiary/aromatic N) is 3. The minimum atomic E-state index is -0.511. The third-order valence-corrected chi connectivity index (χ3v) is 3.01. The third-order valence-electron chi connectivity index (χ3n) is 3.01. The molecule has 1 aromatic heterocycles. The maximum atomic E-state index is 11.1. The van der Waals surface area contributed by atoms with Crippen LogP contribution in [0, 0.1) is 17.0 Å². The van der Waals surface area contributed by atoms with E-state index in [1.54, 1.807) is 0 Å². The van der Waals surface area contributed by atoms with Crippen molar-refractivity contribution < 1.29 is 4.92 Å². The molecule has 1 heterocycles. The molecule has 0 spiro atoms. The van der Waals surface area contributed by atoms with Crippen molar-refractivity contribution in [3.05, 3.63) is 45.6 Å². The van der Waals surface area contributed by atoms with E-state index in [1.165, 1.54) is 12.5 Å². The normalized spacial score (nSPS) is 10.4. The average Bonchev–Trinajstić information content (AvgIpc) is 2.40. The largest absolute Gasteiger partial charge is 0.368 e. The summed E-state index contributed by atoms with van der Waals surface area (Å²) in [5.74, 6) is 0.108. The van der Waals surface area contributed by atoms with Crippen molar-refractivity contribution in [3.63, 3.8) is 0 Å². The Morgan fingerprint density at radius 3 is 2.52 bits per heavy atom. The first-order valence-corrected chi connectivity index (χ1v) is 6.65. The lowest BCUT2D eigenvalue weighted by atomic mass is 10.1. The Morgan fingerprint density at radius 1 is 1.29 bits per heavy atom. The van der Waals surface area contributed by atoms with Gasteiger partial charge in [-0.2, -0.15) is 4.98 Å². The molecular formula is C14H17N5O2. The first kappa shape index (κ1) is 14.7. The van der Waals surface area contributed by atoms with Gasteiger partial charge in [-0.25, -0.2) is 4.98 Å². The van der Waals surface area contributed by atoms with Crippen molar-refractivity contribution in [2.24, 2.45) is 0 Å². The minimum absolute atomic E-state index is 0.00297. The summed E-state index contributed by atoms with van der Waals surface area (Å²) in [7, 11) is 0. The van der Waals surface area contributed by atoms with Crippen molar-refractivity contribution >= 4 is 23.1 Å². The van der Waals surface area contributed by atoms with Crippen molar-refractivity contribution in [3.8, 4) is 0 Å². The number of rotatable bonds is 5. The molecule has 0 saturated carbocycles. The van der Waals surface area contributed by atoms with E-state index in [0.29, 0.717) is 0 Å². The molecule has 0 amide bonds. The van der Waals surface area contributed by atoms with Gasteiger partial charge in [-0.1, -0.05) is 25.5 Å². The van der Waals surface area contributed by atoms with Gasteiger partial charge in [0.2, 0.25) is 11.8 Å². The highest BCUT2D eigenvalue weighted by molar-refractivity contribution is 5.68. The molecule has 0 bridgehead atoms. The van der Waals surface area contributed by atoms with Crippen LogP contribution in [-0.4, -0.2) is 14.9 Å². The molecule has 2 rings (SSSR count). The molecule has 0 aliphatic carbocycles. The van der Waals surface area contributed by atoms with Gasteiger partial charge in [-0.3, -0.25) is 10.1 Å². The summed E-state index contributed by atoms with van der Waals surface area (Å²) in [6.45, 7) is 3.65. The highest BCUT2D eigenvalue weighted by atomic mass is 16.6. The van der Waals surface area contributed by atoms with E-state index in [9.17, 15) is 10.1 Å². The highest BCUT2D eigenvalue weighted by Crippen LogP contribution is 2.28. The maximum absolute atomic E-state index is 11.1. The quantitative estimate of drug-likeness (QED) is 0.646. The zero-order valence-corrected chi connectivity index (χ0v) is 12.0. The molecule has 7 heteroatoms. The Bertz CT molecular complexity index is 655. The second kappa shape index (κ2) is 6.17. The first-order chi connectivity index (χ1) is 10.0. The van der Waals surface area contributed by atoms with Crippen LogP contribution < -0.4 is 11.1 Å². The SMILES string of the molecule is CCCc1ccc(Nc2nc(N)nc(C)c2[N+](=O)[O-])cc1. The van der Waals surface area contributed by atoms with Crippen LogP contribution in [0.2, 0.25) is 0 Å². The number of nitrogens with one attached hydrogen (secondary N) is 1. The van der Waals surface area contributed by atoms with Crippen LogP contribution >= 0.6 is 0 Å². The number of hydrogen-bond donors (Lipinski definition) is 2. The van der Waals surface area contributed by atoms with Crippen molar-refractivity contribution in [2.75, 3.05) is 11.1 Å². The van der Waals surface area contributed by atoms with Gasteiger partial charge < -0.3 is 11.1 Å². The van der Waals surface area contributed by atoms with Gasteiger partial charge in [-0.05, 0) is 31.0 Å². The molecule has 21 heavy (non-hydrogen) atoms. The summed E-state index contributed by atoms with van der Waals surface area (Å²) in [5, 5.41) is 14.1. The number of anilines is 3. The fraction of sp³-hybridized carbons (Fsp3) is 0.286. The van der Waals surface area contributed by atoms with Crippen LogP contribution in [0.5, 0.6) is 0 Å². The Hall–Kier alpha value is -2.70. The van der Waals surface area contributed by atoms with Gasteiger partial charge in [0.15, 0.2) is 0 Å². The molecular weight excluding hydrogens is 270 g/mol. The summed E-state index contributed by atoms with van der Waals surface area (Å²) in [4.78, 5) is 18.4. The molecule has 1 aromatic carbocycles. The first-order valence-electron chi connectivity index (χ1n) is 6.65. The summed E-state index contributed by atoms with van der Waals surface area (Å²) >= 11 is 0. The van der Waals surface area contributed by atoms with Crippen LogP contribution in [0.4, 0.5) is 23.1 Å². The average molecular weight is 287 g/mol. The smallest absolute Gasteiger partial charge is 0.332 e. The number of aryl methyl sites for hydroxylation is 2. The number of hydrogen-bond acceptors (Lipinski definition) is 6. The Balaban J connectivity index is 2.32. The Labute approximate surface area is 122 Å². The summed E-state index contributed by atoms with van der Waals surface area (Å²) in [6.07, 6.45) is 2.07. The molecule has 0 aliphatic rings. The fourth-order valence-corrected chi connectivity index (χ4v) is 2.07. The lowest BCUT2D eigenvalue weighted by Gasteiger charge is -2.09. The molecule has 0 atom stereocenters. The molecule has 0 fully saturated rings. The van der Waals surface area contributed by atoms with Crippen molar-refractivity contribution in [1.29, 1.82) is 0 Å². The van der Waals surface area contributed by atoms with Crippen LogP contribution in [0.25, 0.3) is 0 Å². The zero-order chi connectivity index (χ0) is 15.4. The number of benzene rings is 1. The summed E-state index contributed by atoms with van der Waals surface area (Å²) < 4.78 is 0. The molecule has 0 radical (unpaired) electrons. The number of nitro groups is 1. The van der Waals surface area contributed by atoms with Gasteiger partial charge in [0.05, 0.1) is 4.92 Å². The van der Waals surface area contributed by atoms with Crippen molar-refractivity contribution in [2.45, 2.75) is 26.7 Å². The molecule has 3 N–H and O–H groups in total. The second-order valence-corrected chi connectivity index (χ2v) is 4.69. The van der Waals surface area contributed by atoms with E-state index in [4.69, 9.17) is 5.73 Å². The lowest BCUT2D eigenvalue weighted by Crippen LogP contribution is -2.07. The molecule has 0 aliphatic heterocycles. The van der Waals surface area contributed by atoms with Gasteiger partial charge >= 0.3 is 5.69 Å². The molecule has 7 nitrogen and oxygen atoms in total. The lowest BCUT2D eigenvalue weighted by molar-refractivity contribution is -0.385. The van der Waals surface area contributed by atoms with E-state index < -0.39 is 4.92 Å². The van der Waals surface area contributed by atoms with Crippen LogP contribution in [-0.2, 0) is 6.42 Å². The predicted octanol–water partition coefficient (Wildman–Crippen LogP) is 2.97. The summed E-state index contributed by atoms with van der Waals surface area (Å²) in [6, 6.07) is 7.69. The molecule has 0 unspecified atom stereocenters. The highest BCUT2D eigenvalue weighted by Gasteiger charge is 2.21. The van der Waals surface area contributed by atoms with E-state index in [1.807, 2.05) is 24.3 Å². The second-order valence-electron chi connectivity index (χ2n) is 4.69. The Kier molecular flexibility index (Phi) is 4.32. The van der Waals surface area contributed by atoms with Crippen LogP contribution in [0.3, 0.4) is 0 Å². The summed E-state index contributed by atoms with van der Waals surface area (Å²) in [5.41, 5.74) is 7.57. The van der Waals surface area contributed by atoms with E-state index in [-0.39, 0.29) is 23.1 Å². The Morgan fingerprint density at radius 2 is 1.95 bits per heavy atom. The van der Waals surface area contributed by atoms with Gasteiger partial charge in [0, 0.05) is 5.69 Å². The van der Waals surface area contributed by atoms with E-state index in [2.05, 4.69) is 22.2 Å². The standard InChI is InChI=1S/C14H17N5O2/c1-3-4-10-5-7-11(8-6-10)17-13-12(19(20)21)9(2)16-14(15)18-13/h5-8H,3-4H2,1-2H3,(H3,15,16,17,18). The van der Waals surface area contributed by atoms with Crippen molar-refractivity contribution in [1.82, 2.24) is 9.97 Å². The third kappa shape index (κ3) is 3.44. The number of nitrogen functional groups attached to an aromatic ring is 1. The van der Waals surface area contributed by atoms with E-state index >= 15 is 0 Å². The number of aromatic nitrogens is 2. The number of nitrogens with two attached hydrogens (primary N) is 1. The predicted molar refractivity (Wildman–Crippen MR) is 81.6 cm³/mol. The van der Waals surface area contributed by atoms with Crippen LogP contribution in [0.15, 0.2) is 24.3 Å². The minimum Gasteiger partial charge on any atom is -0.368 e. The fourth-order valence-electron chi connectivity index (χ4n) is 2.07. The van der Waals surface area contributed by atoms with Gasteiger partial charge in [-0.15, -0.1) is 0 Å². The molecule has 2 aromatic rings. The van der Waals surface area contributed by atoms with Crippen LogP contribution in [0.1, 0.15) is 24.6 Å². The zero-order valence-electron chi connectivity index (χ0n) is 12.0. The van der Waals surface area contributed by atoms with Gasteiger partial charge in [0.1, 0.15) is 5.69 Å². The monoisotopic (exact) mass is 287 g/mol. The van der Waals surface area contributed by atoms with Gasteiger partial charge in [0.25, 0.3) is 0 Å². The maximum Gasteiger partial charge on any atom is 0.332 e.